The summed E-state index contributed by atoms with van der Waals surface area (Å²) in [6.07, 6.45) is 7.28. The van der Waals surface area contributed by atoms with Crippen LogP contribution in [-0.4, -0.2) is 74.5 Å². The van der Waals surface area contributed by atoms with Crippen LogP contribution in [0.25, 0.3) is 0 Å². The third-order valence-electron chi connectivity index (χ3n) is 6.35. The number of hydrogen-bond donors (Lipinski definition) is 0. The summed E-state index contributed by atoms with van der Waals surface area (Å²) in [5, 5.41) is 0. The first kappa shape index (κ1) is 18.6. The minimum atomic E-state index is 0.356. The molecule has 2 aliphatic carbocycles. The lowest BCUT2D eigenvalue weighted by Crippen LogP contribution is -2.50. The van der Waals surface area contributed by atoms with Gasteiger partial charge >= 0.3 is 0 Å². The van der Waals surface area contributed by atoms with Crippen LogP contribution in [0.1, 0.15) is 52.9 Å². The first-order valence-corrected chi connectivity index (χ1v) is 9.96. The third-order valence-corrected chi connectivity index (χ3v) is 6.35. The van der Waals surface area contributed by atoms with Gasteiger partial charge in [0.05, 0.1) is 25.4 Å². The zero-order chi connectivity index (χ0) is 17.4. The summed E-state index contributed by atoms with van der Waals surface area (Å²) in [5.74, 6) is 0.830. The van der Waals surface area contributed by atoms with E-state index >= 15 is 0 Å². The van der Waals surface area contributed by atoms with Gasteiger partial charge in [0.15, 0.2) is 0 Å². The highest BCUT2D eigenvalue weighted by atomic mass is 16.5. The molecule has 3 aliphatic rings. The summed E-state index contributed by atoms with van der Waals surface area (Å²) in [6.45, 7) is 12.2. The fourth-order valence-electron chi connectivity index (χ4n) is 4.00. The molecule has 2 saturated carbocycles. The van der Waals surface area contributed by atoms with Crippen molar-refractivity contribution in [1.82, 2.24) is 9.80 Å². The second-order valence-corrected chi connectivity index (χ2v) is 9.40. The Hall–Kier alpha value is -0.160. The van der Waals surface area contributed by atoms with E-state index in [1.807, 2.05) is 0 Å². The highest BCUT2D eigenvalue weighted by Crippen LogP contribution is 2.47. The average Bonchev–Trinajstić information content (AvgIpc) is 3.37. The number of ether oxygens (including phenoxy) is 2. The standard InChI is InChI=1S/C20H38N2O2/c1-16(2)23-14-19(6-7-19)13-22-11-18(12-22)10-17(3)24-15-20(8-9-20)21(4)5/h16-18H,6-15H2,1-5H3. The van der Waals surface area contributed by atoms with Crippen molar-refractivity contribution in [2.45, 2.75) is 70.6 Å². The highest BCUT2D eigenvalue weighted by molar-refractivity contribution is 5.02. The maximum atomic E-state index is 6.17. The van der Waals surface area contributed by atoms with E-state index in [1.165, 1.54) is 51.7 Å². The van der Waals surface area contributed by atoms with Gasteiger partial charge in [-0.1, -0.05) is 0 Å². The summed E-state index contributed by atoms with van der Waals surface area (Å²) in [6, 6.07) is 0. The first-order valence-electron chi connectivity index (χ1n) is 9.96. The van der Waals surface area contributed by atoms with Crippen molar-refractivity contribution in [2.75, 3.05) is 46.9 Å². The summed E-state index contributed by atoms with van der Waals surface area (Å²) in [5.41, 5.74) is 0.843. The van der Waals surface area contributed by atoms with Crippen LogP contribution in [0, 0.1) is 11.3 Å². The topological polar surface area (TPSA) is 24.9 Å². The summed E-state index contributed by atoms with van der Waals surface area (Å²) in [7, 11) is 4.36. The van der Waals surface area contributed by atoms with Crippen LogP contribution in [0.4, 0.5) is 0 Å². The van der Waals surface area contributed by atoms with Crippen LogP contribution in [0.2, 0.25) is 0 Å². The van der Waals surface area contributed by atoms with Crippen LogP contribution in [0.15, 0.2) is 0 Å². The van der Waals surface area contributed by atoms with Crippen LogP contribution in [0.3, 0.4) is 0 Å². The molecule has 24 heavy (non-hydrogen) atoms. The first-order chi connectivity index (χ1) is 11.3. The van der Waals surface area contributed by atoms with Gasteiger partial charge in [0.1, 0.15) is 0 Å². The van der Waals surface area contributed by atoms with E-state index in [4.69, 9.17) is 9.47 Å². The van der Waals surface area contributed by atoms with Gasteiger partial charge in [-0.3, -0.25) is 0 Å². The smallest absolute Gasteiger partial charge is 0.0653 e. The minimum absolute atomic E-state index is 0.356. The molecular weight excluding hydrogens is 300 g/mol. The van der Waals surface area contributed by atoms with Gasteiger partial charge in [-0.15, -0.1) is 0 Å². The lowest BCUT2D eigenvalue weighted by Gasteiger charge is -2.42. The maximum absolute atomic E-state index is 6.17. The zero-order valence-corrected chi connectivity index (χ0v) is 16.5. The number of nitrogens with zero attached hydrogens (tertiary/aromatic N) is 2. The molecule has 4 nitrogen and oxygen atoms in total. The second kappa shape index (κ2) is 7.22. The van der Waals surface area contributed by atoms with Crippen molar-refractivity contribution in [3.63, 3.8) is 0 Å². The molecule has 140 valence electrons. The van der Waals surface area contributed by atoms with Crippen LogP contribution >= 0.6 is 0 Å². The number of likely N-dealkylation sites (N-methyl/N-ethyl adjacent to an activating group) is 1. The van der Waals surface area contributed by atoms with E-state index in [1.54, 1.807) is 0 Å². The fraction of sp³-hybridized carbons (Fsp3) is 1.00. The quantitative estimate of drug-likeness (QED) is 0.578. The van der Waals surface area contributed by atoms with E-state index in [2.05, 4.69) is 44.7 Å². The van der Waals surface area contributed by atoms with Crippen molar-refractivity contribution >= 4 is 0 Å². The Balaban J connectivity index is 1.28. The Labute approximate surface area is 148 Å². The lowest BCUT2D eigenvalue weighted by molar-refractivity contribution is -0.0250. The molecule has 0 N–H and O–H groups in total. The maximum Gasteiger partial charge on any atom is 0.0653 e. The number of hydrogen-bond acceptors (Lipinski definition) is 4. The van der Waals surface area contributed by atoms with Crippen LogP contribution in [0.5, 0.6) is 0 Å². The van der Waals surface area contributed by atoms with Gasteiger partial charge in [0, 0.05) is 30.6 Å². The van der Waals surface area contributed by atoms with Crippen LogP contribution < -0.4 is 0 Å². The van der Waals surface area contributed by atoms with Gasteiger partial charge in [-0.2, -0.15) is 0 Å². The van der Waals surface area contributed by atoms with E-state index < -0.39 is 0 Å². The molecule has 1 unspecified atom stereocenters. The van der Waals surface area contributed by atoms with Gasteiger partial charge in [0.2, 0.25) is 0 Å². The molecule has 0 amide bonds. The number of rotatable bonds is 11. The van der Waals surface area contributed by atoms with E-state index in [-0.39, 0.29) is 0 Å². The Bertz CT molecular complexity index is 410. The molecule has 0 aromatic heterocycles. The Morgan fingerprint density at radius 3 is 2.17 bits per heavy atom. The molecule has 0 aromatic rings. The minimum Gasteiger partial charge on any atom is -0.378 e. The van der Waals surface area contributed by atoms with Gasteiger partial charge in [-0.05, 0) is 72.9 Å². The van der Waals surface area contributed by atoms with E-state index in [9.17, 15) is 0 Å². The summed E-state index contributed by atoms with van der Waals surface area (Å²) < 4.78 is 12.0. The van der Waals surface area contributed by atoms with Crippen molar-refractivity contribution in [2.24, 2.45) is 11.3 Å². The van der Waals surface area contributed by atoms with Crippen molar-refractivity contribution in [1.29, 1.82) is 0 Å². The molecule has 0 bridgehead atoms. The number of likely N-dealkylation sites (tertiary alicyclic amines) is 1. The predicted molar refractivity (Wildman–Crippen MR) is 98.4 cm³/mol. The predicted octanol–water partition coefficient (Wildman–Crippen LogP) is 3.01. The molecule has 0 radical (unpaired) electrons. The highest BCUT2D eigenvalue weighted by Gasteiger charge is 2.47. The molecule has 3 rings (SSSR count). The van der Waals surface area contributed by atoms with E-state index in [0.29, 0.717) is 23.2 Å². The SMILES string of the molecule is CC(C)OCC1(CN2CC(CC(C)OCC3(N(C)C)CC3)C2)CC1. The summed E-state index contributed by atoms with van der Waals surface area (Å²) in [4.78, 5) is 4.98. The average molecular weight is 339 g/mol. The fourth-order valence-corrected chi connectivity index (χ4v) is 4.00. The largest absolute Gasteiger partial charge is 0.378 e. The molecular formula is C20H38N2O2. The normalized spacial score (nSPS) is 26.6. The molecule has 1 saturated heterocycles. The zero-order valence-electron chi connectivity index (χ0n) is 16.5. The lowest BCUT2D eigenvalue weighted by atomic mass is 9.92. The monoisotopic (exact) mass is 338 g/mol. The molecule has 3 fully saturated rings. The Kier molecular flexibility index (Phi) is 5.60. The van der Waals surface area contributed by atoms with Gasteiger partial charge < -0.3 is 19.3 Å². The summed E-state index contributed by atoms with van der Waals surface area (Å²) >= 11 is 0. The molecule has 0 aromatic carbocycles. The van der Waals surface area contributed by atoms with Crippen molar-refractivity contribution in [3.05, 3.63) is 0 Å². The second-order valence-electron chi connectivity index (χ2n) is 9.40. The molecule has 0 spiro atoms. The molecule has 1 atom stereocenters. The van der Waals surface area contributed by atoms with Gasteiger partial charge in [-0.25, -0.2) is 0 Å². The van der Waals surface area contributed by atoms with Crippen molar-refractivity contribution in [3.8, 4) is 0 Å². The van der Waals surface area contributed by atoms with E-state index in [0.717, 1.165) is 19.1 Å². The Morgan fingerprint density at radius 1 is 1.00 bits per heavy atom. The molecule has 4 heteroatoms. The molecule has 1 heterocycles. The third kappa shape index (κ3) is 4.72. The van der Waals surface area contributed by atoms with Crippen LogP contribution in [-0.2, 0) is 9.47 Å². The Morgan fingerprint density at radius 2 is 1.67 bits per heavy atom. The van der Waals surface area contributed by atoms with Crippen molar-refractivity contribution < 1.29 is 9.47 Å². The molecule has 1 aliphatic heterocycles. The van der Waals surface area contributed by atoms with Gasteiger partial charge in [0.25, 0.3) is 0 Å².